The summed E-state index contributed by atoms with van der Waals surface area (Å²) in [6.45, 7) is 1.50. The van der Waals surface area contributed by atoms with Crippen LogP contribution in [0.4, 0.5) is 0 Å². The third-order valence-electron chi connectivity index (χ3n) is 3.11. The molecule has 7 nitrogen and oxygen atoms in total. The number of aliphatic carboxylic acids is 1. The van der Waals surface area contributed by atoms with Gasteiger partial charge in [0.05, 0.1) is 23.5 Å². The van der Waals surface area contributed by atoms with Gasteiger partial charge in [0.1, 0.15) is 6.54 Å². The number of benzene rings is 1. The summed E-state index contributed by atoms with van der Waals surface area (Å²) >= 11 is 0. The molecule has 21 heavy (non-hydrogen) atoms. The Bertz CT molecular complexity index is 651. The van der Waals surface area contributed by atoms with Crippen LogP contribution in [0.25, 0.3) is 5.69 Å². The average Bonchev–Trinajstić information content (AvgIpc) is 2.80. The smallest absolute Gasteiger partial charge is 0.323 e. The Morgan fingerprint density at radius 1 is 1.29 bits per heavy atom. The van der Waals surface area contributed by atoms with Gasteiger partial charge in [-0.25, -0.2) is 4.68 Å². The van der Waals surface area contributed by atoms with Crippen LogP contribution in [0.5, 0.6) is 0 Å². The van der Waals surface area contributed by atoms with Gasteiger partial charge in [-0.1, -0.05) is 23.4 Å². The lowest BCUT2D eigenvalue weighted by Crippen LogP contribution is -2.33. The number of carbonyl (C=O) groups excluding carboxylic acids is 1. The van der Waals surface area contributed by atoms with E-state index in [1.54, 1.807) is 4.68 Å². The van der Waals surface area contributed by atoms with Gasteiger partial charge in [0.25, 0.3) is 0 Å². The summed E-state index contributed by atoms with van der Waals surface area (Å²) in [6, 6.07) is 9.47. The van der Waals surface area contributed by atoms with E-state index in [-0.39, 0.29) is 18.9 Å². The summed E-state index contributed by atoms with van der Waals surface area (Å²) in [6.07, 6.45) is 0.0302. The highest BCUT2D eigenvalue weighted by atomic mass is 16.4. The lowest BCUT2D eigenvalue weighted by atomic mass is 10.2. The number of likely N-dealkylation sites (N-methyl/N-ethyl adjacent to an activating group) is 1. The van der Waals surface area contributed by atoms with Crippen LogP contribution in [-0.4, -0.2) is 50.5 Å². The fourth-order valence-corrected chi connectivity index (χ4v) is 1.91. The first-order valence-corrected chi connectivity index (χ1v) is 6.41. The molecule has 0 spiro atoms. The first-order valence-electron chi connectivity index (χ1n) is 6.41. The minimum Gasteiger partial charge on any atom is -0.480 e. The number of carboxylic acid groups (broad SMARTS) is 1. The highest BCUT2D eigenvalue weighted by Gasteiger charge is 2.17. The van der Waals surface area contributed by atoms with Crippen molar-refractivity contribution in [3.8, 4) is 5.69 Å². The molecule has 0 aliphatic carbocycles. The van der Waals surface area contributed by atoms with Gasteiger partial charge in [-0.3, -0.25) is 9.59 Å². The normalized spacial score (nSPS) is 10.4. The Morgan fingerprint density at radius 3 is 2.57 bits per heavy atom. The van der Waals surface area contributed by atoms with Crippen LogP contribution in [0.15, 0.2) is 30.3 Å². The second-order valence-corrected chi connectivity index (χ2v) is 4.69. The average molecular weight is 288 g/mol. The Kier molecular flexibility index (Phi) is 4.32. The molecule has 1 amide bonds. The summed E-state index contributed by atoms with van der Waals surface area (Å²) in [5.74, 6) is -1.35. The predicted molar refractivity (Wildman–Crippen MR) is 75.1 cm³/mol. The highest BCUT2D eigenvalue weighted by molar-refractivity contribution is 5.82. The number of carbonyl (C=O) groups is 2. The summed E-state index contributed by atoms with van der Waals surface area (Å²) in [5.41, 5.74) is 2.17. The standard InChI is InChI=1S/C14H16N4O3/c1-10-12(8-13(19)17(2)9-14(20)21)15-16-18(10)11-6-4-3-5-7-11/h3-7H,8-9H2,1-2H3,(H,20,21). The fraction of sp³-hybridized carbons (Fsp3) is 0.286. The predicted octanol–water partition coefficient (Wildman–Crippen LogP) is 0.661. The molecule has 7 heteroatoms. The first kappa shape index (κ1) is 14.7. The van der Waals surface area contributed by atoms with E-state index >= 15 is 0 Å². The van der Waals surface area contributed by atoms with Crippen molar-refractivity contribution in [1.29, 1.82) is 0 Å². The van der Waals surface area contributed by atoms with E-state index in [0.717, 1.165) is 16.3 Å². The molecule has 0 saturated heterocycles. The molecule has 0 unspecified atom stereocenters. The molecule has 2 rings (SSSR count). The van der Waals surface area contributed by atoms with Crippen molar-refractivity contribution in [3.63, 3.8) is 0 Å². The SMILES string of the molecule is Cc1c(CC(=O)N(C)CC(=O)O)nnn1-c1ccccc1. The number of nitrogens with zero attached hydrogens (tertiary/aromatic N) is 4. The molecule has 0 fully saturated rings. The van der Waals surface area contributed by atoms with E-state index < -0.39 is 5.97 Å². The molecule has 1 N–H and O–H groups in total. The Labute approximate surface area is 121 Å². The number of hydrogen-bond acceptors (Lipinski definition) is 4. The van der Waals surface area contributed by atoms with Crippen molar-refractivity contribution in [3.05, 3.63) is 41.7 Å². The lowest BCUT2D eigenvalue weighted by molar-refractivity contribution is -0.143. The van der Waals surface area contributed by atoms with Crippen LogP contribution < -0.4 is 0 Å². The van der Waals surface area contributed by atoms with Crippen LogP contribution in [0.1, 0.15) is 11.4 Å². The number of aromatic nitrogens is 3. The molecule has 2 aromatic rings. The molecule has 0 radical (unpaired) electrons. The summed E-state index contributed by atoms with van der Waals surface area (Å²) in [7, 11) is 1.45. The number of para-hydroxylation sites is 1. The van der Waals surface area contributed by atoms with Crippen LogP contribution in [-0.2, 0) is 16.0 Å². The molecule has 0 bridgehead atoms. The molecular weight excluding hydrogens is 272 g/mol. The molecular formula is C14H16N4O3. The van der Waals surface area contributed by atoms with Gasteiger partial charge < -0.3 is 10.0 Å². The van der Waals surface area contributed by atoms with E-state index in [1.807, 2.05) is 37.3 Å². The maximum atomic E-state index is 11.9. The van der Waals surface area contributed by atoms with E-state index in [4.69, 9.17) is 5.11 Å². The Morgan fingerprint density at radius 2 is 1.95 bits per heavy atom. The maximum absolute atomic E-state index is 11.9. The van der Waals surface area contributed by atoms with Crippen LogP contribution in [0.3, 0.4) is 0 Å². The number of rotatable bonds is 5. The third kappa shape index (κ3) is 3.44. The summed E-state index contributed by atoms with van der Waals surface area (Å²) < 4.78 is 1.65. The van der Waals surface area contributed by atoms with Gasteiger partial charge in [0.15, 0.2) is 0 Å². The fourth-order valence-electron chi connectivity index (χ4n) is 1.91. The zero-order valence-electron chi connectivity index (χ0n) is 11.9. The van der Waals surface area contributed by atoms with E-state index in [2.05, 4.69) is 10.3 Å². The van der Waals surface area contributed by atoms with Gasteiger partial charge in [-0.2, -0.15) is 0 Å². The Hall–Kier alpha value is -2.70. The molecule has 0 aliphatic heterocycles. The van der Waals surface area contributed by atoms with Crippen molar-refractivity contribution in [2.45, 2.75) is 13.3 Å². The second kappa shape index (κ2) is 6.17. The maximum Gasteiger partial charge on any atom is 0.323 e. The second-order valence-electron chi connectivity index (χ2n) is 4.69. The van der Waals surface area contributed by atoms with Gasteiger partial charge in [0, 0.05) is 7.05 Å². The number of hydrogen-bond donors (Lipinski definition) is 1. The molecule has 0 atom stereocenters. The monoisotopic (exact) mass is 288 g/mol. The quantitative estimate of drug-likeness (QED) is 0.873. The molecule has 110 valence electrons. The van der Waals surface area contributed by atoms with Crippen LogP contribution in [0.2, 0.25) is 0 Å². The van der Waals surface area contributed by atoms with E-state index in [1.165, 1.54) is 7.05 Å². The molecule has 0 saturated carbocycles. The molecule has 1 heterocycles. The Balaban J connectivity index is 2.14. The minimum atomic E-state index is -1.05. The van der Waals surface area contributed by atoms with Gasteiger partial charge in [-0.05, 0) is 19.1 Å². The van der Waals surface area contributed by atoms with Gasteiger partial charge in [0.2, 0.25) is 5.91 Å². The lowest BCUT2D eigenvalue weighted by Gasteiger charge is -2.13. The van der Waals surface area contributed by atoms with Gasteiger partial charge in [-0.15, -0.1) is 5.10 Å². The number of carboxylic acids is 1. The zero-order chi connectivity index (χ0) is 15.4. The van der Waals surface area contributed by atoms with Crippen molar-refractivity contribution < 1.29 is 14.7 Å². The summed E-state index contributed by atoms with van der Waals surface area (Å²) in [4.78, 5) is 23.7. The van der Waals surface area contributed by atoms with Crippen molar-refractivity contribution in [2.24, 2.45) is 0 Å². The minimum absolute atomic E-state index is 0.0302. The van der Waals surface area contributed by atoms with E-state index in [0.29, 0.717) is 5.69 Å². The third-order valence-corrected chi connectivity index (χ3v) is 3.11. The summed E-state index contributed by atoms with van der Waals surface area (Å²) in [5, 5.41) is 16.7. The largest absolute Gasteiger partial charge is 0.480 e. The van der Waals surface area contributed by atoms with Gasteiger partial charge >= 0.3 is 5.97 Å². The molecule has 0 aliphatic rings. The number of amides is 1. The topological polar surface area (TPSA) is 88.3 Å². The van der Waals surface area contributed by atoms with Crippen molar-refractivity contribution in [1.82, 2.24) is 19.9 Å². The molecule has 1 aromatic heterocycles. The highest BCUT2D eigenvalue weighted by Crippen LogP contribution is 2.12. The zero-order valence-corrected chi connectivity index (χ0v) is 11.9. The van der Waals surface area contributed by atoms with Crippen LogP contribution in [0, 0.1) is 6.92 Å². The molecule has 1 aromatic carbocycles. The first-order chi connectivity index (χ1) is 9.99. The van der Waals surface area contributed by atoms with Crippen LogP contribution >= 0.6 is 0 Å². The van der Waals surface area contributed by atoms with E-state index in [9.17, 15) is 9.59 Å². The van der Waals surface area contributed by atoms with Crippen molar-refractivity contribution in [2.75, 3.05) is 13.6 Å². The van der Waals surface area contributed by atoms with Crippen molar-refractivity contribution >= 4 is 11.9 Å².